The Morgan fingerprint density at radius 2 is 1.95 bits per heavy atom. The first-order valence-electron chi connectivity index (χ1n) is 6.53. The van der Waals surface area contributed by atoms with Gasteiger partial charge in [-0.25, -0.2) is 0 Å². The Labute approximate surface area is 121 Å². The highest BCUT2D eigenvalue weighted by atomic mass is 32.1. The molecule has 0 bridgehead atoms. The van der Waals surface area contributed by atoms with Crippen molar-refractivity contribution in [3.8, 4) is 5.75 Å². The molecule has 0 amide bonds. The van der Waals surface area contributed by atoms with Crippen LogP contribution in [0.2, 0.25) is 0 Å². The van der Waals surface area contributed by atoms with Crippen LogP contribution in [0.4, 0.5) is 5.13 Å². The van der Waals surface area contributed by atoms with E-state index in [-0.39, 0.29) is 0 Å². The molecule has 4 nitrogen and oxygen atoms in total. The number of fused-ring (bicyclic) bond motifs is 1. The zero-order valence-electron chi connectivity index (χ0n) is 11.2. The monoisotopic (exact) mass is 285 g/mol. The van der Waals surface area contributed by atoms with Crippen molar-refractivity contribution in [1.29, 1.82) is 0 Å². The molecular weight excluding hydrogens is 270 g/mol. The summed E-state index contributed by atoms with van der Waals surface area (Å²) in [4.78, 5) is 0. The molecule has 102 valence electrons. The van der Waals surface area contributed by atoms with Gasteiger partial charge in [-0.05, 0) is 29.8 Å². The first kappa shape index (κ1) is 12.9. The summed E-state index contributed by atoms with van der Waals surface area (Å²) in [6.45, 7) is 3.33. The van der Waals surface area contributed by atoms with E-state index in [2.05, 4.69) is 33.7 Å². The summed E-state index contributed by atoms with van der Waals surface area (Å²) in [7, 11) is 0. The van der Waals surface area contributed by atoms with E-state index in [1.54, 1.807) is 0 Å². The van der Waals surface area contributed by atoms with Crippen LogP contribution < -0.4 is 10.1 Å². The maximum Gasteiger partial charge on any atom is 0.205 e. The predicted octanol–water partition coefficient (Wildman–Crippen LogP) is 3.70. The average molecular weight is 285 g/mol. The molecule has 0 spiro atoms. The molecule has 0 saturated heterocycles. The zero-order chi connectivity index (χ0) is 13.8. The minimum Gasteiger partial charge on any atom is -0.486 e. The second-order valence-corrected chi connectivity index (χ2v) is 5.39. The van der Waals surface area contributed by atoms with Crippen LogP contribution in [-0.2, 0) is 6.61 Å². The maximum absolute atomic E-state index is 5.77. The molecule has 0 radical (unpaired) electrons. The number of anilines is 1. The summed E-state index contributed by atoms with van der Waals surface area (Å²) in [5, 5.41) is 15.4. The third-order valence-electron chi connectivity index (χ3n) is 2.88. The smallest absolute Gasteiger partial charge is 0.205 e. The quantitative estimate of drug-likeness (QED) is 0.776. The Balaban J connectivity index is 1.69. The molecule has 3 aromatic rings. The highest BCUT2D eigenvalue weighted by molar-refractivity contribution is 7.15. The van der Waals surface area contributed by atoms with Gasteiger partial charge in [0.1, 0.15) is 12.4 Å². The lowest BCUT2D eigenvalue weighted by molar-refractivity contribution is 0.305. The Bertz CT molecular complexity index is 711. The molecule has 0 aliphatic carbocycles. The van der Waals surface area contributed by atoms with E-state index < -0.39 is 0 Å². The van der Waals surface area contributed by atoms with Crippen molar-refractivity contribution in [2.75, 3.05) is 11.9 Å². The van der Waals surface area contributed by atoms with Gasteiger partial charge in [0.15, 0.2) is 5.01 Å². The van der Waals surface area contributed by atoms with Gasteiger partial charge in [-0.1, -0.05) is 41.7 Å². The molecule has 20 heavy (non-hydrogen) atoms. The van der Waals surface area contributed by atoms with Gasteiger partial charge in [-0.3, -0.25) is 0 Å². The fraction of sp³-hybridized carbons (Fsp3) is 0.200. The molecule has 1 N–H and O–H groups in total. The second-order valence-electron chi connectivity index (χ2n) is 4.33. The summed E-state index contributed by atoms with van der Waals surface area (Å²) in [6.07, 6.45) is 0. The van der Waals surface area contributed by atoms with E-state index in [0.717, 1.165) is 22.4 Å². The minimum absolute atomic E-state index is 0.446. The lowest BCUT2D eigenvalue weighted by Crippen LogP contribution is -1.94. The number of aromatic nitrogens is 2. The van der Waals surface area contributed by atoms with Gasteiger partial charge < -0.3 is 10.1 Å². The van der Waals surface area contributed by atoms with Gasteiger partial charge in [0, 0.05) is 6.54 Å². The highest BCUT2D eigenvalue weighted by Gasteiger charge is 2.04. The summed E-state index contributed by atoms with van der Waals surface area (Å²) >= 11 is 1.52. The molecule has 2 aromatic carbocycles. The average Bonchev–Trinajstić information content (AvgIpc) is 2.93. The first-order valence-corrected chi connectivity index (χ1v) is 7.34. The molecule has 0 saturated carbocycles. The lowest BCUT2D eigenvalue weighted by Gasteiger charge is -2.05. The Hall–Kier alpha value is -2.14. The summed E-state index contributed by atoms with van der Waals surface area (Å²) in [6, 6.07) is 14.3. The van der Waals surface area contributed by atoms with Gasteiger partial charge >= 0.3 is 0 Å². The van der Waals surface area contributed by atoms with Crippen molar-refractivity contribution < 1.29 is 4.74 Å². The SMILES string of the molecule is CCNc1nnc(COc2ccc3ccccc3c2)s1. The van der Waals surface area contributed by atoms with Crippen molar-refractivity contribution in [2.45, 2.75) is 13.5 Å². The van der Waals surface area contributed by atoms with Gasteiger partial charge in [0.05, 0.1) is 0 Å². The number of nitrogens with zero attached hydrogens (tertiary/aromatic N) is 2. The molecule has 1 heterocycles. The topological polar surface area (TPSA) is 47.0 Å². The van der Waals surface area contributed by atoms with Crippen molar-refractivity contribution in [3.63, 3.8) is 0 Å². The third kappa shape index (κ3) is 2.88. The van der Waals surface area contributed by atoms with E-state index in [9.17, 15) is 0 Å². The van der Waals surface area contributed by atoms with Crippen LogP contribution in [-0.4, -0.2) is 16.7 Å². The normalized spacial score (nSPS) is 10.7. The standard InChI is InChI=1S/C15H15N3OS/c1-2-16-15-18-17-14(20-15)10-19-13-8-7-11-5-3-4-6-12(11)9-13/h3-9H,2,10H2,1H3,(H,16,18). The molecular formula is C15H15N3OS. The molecule has 0 aliphatic heterocycles. The maximum atomic E-state index is 5.77. The Kier molecular flexibility index (Phi) is 3.78. The molecule has 0 atom stereocenters. The van der Waals surface area contributed by atoms with Crippen LogP contribution in [0, 0.1) is 0 Å². The van der Waals surface area contributed by atoms with Crippen molar-refractivity contribution in [3.05, 3.63) is 47.5 Å². The molecule has 3 rings (SSSR count). The van der Waals surface area contributed by atoms with Crippen molar-refractivity contribution in [2.24, 2.45) is 0 Å². The molecule has 0 aliphatic rings. The van der Waals surface area contributed by atoms with E-state index in [0.29, 0.717) is 6.61 Å². The predicted molar refractivity (Wildman–Crippen MR) is 82.4 cm³/mol. The molecule has 0 unspecified atom stereocenters. The zero-order valence-corrected chi connectivity index (χ0v) is 12.0. The number of hydrogen-bond donors (Lipinski definition) is 1. The number of hydrogen-bond acceptors (Lipinski definition) is 5. The first-order chi connectivity index (χ1) is 9.85. The van der Waals surface area contributed by atoms with Gasteiger partial charge in [0.2, 0.25) is 5.13 Å². The molecule has 1 aromatic heterocycles. The van der Waals surface area contributed by atoms with Crippen LogP contribution in [0.1, 0.15) is 11.9 Å². The van der Waals surface area contributed by atoms with Crippen molar-refractivity contribution in [1.82, 2.24) is 10.2 Å². The van der Waals surface area contributed by atoms with Crippen LogP contribution in [0.3, 0.4) is 0 Å². The number of nitrogens with one attached hydrogen (secondary N) is 1. The number of benzene rings is 2. The summed E-state index contributed by atoms with van der Waals surface area (Å²) < 4.78 is 5.77. The lowest BCUT2D eigenvalue weighted by atomic mass is 10.1. The third-order valence-corrected chi connectivity index (χ3v) is 3.73. The van der Waals surface area contributed by atoms with Crippen LogP contribution in [0.25, 0.3) is 10.8 Å². The van der Waals surface area contributed by atoms with E-state index in [1.807, 2.05) is 31.2 Å². The van der Waals surface area contributed by atoms with Crippen molar-refractivity contribution >= 4 is 27.2 Å². The fourth-order valence-corrected chi connectivity index (χ4v) is 2.66. The summed E-state index contributed by atoms with van der Waals surface area (Å²) in [5.41, 5.74) is 0. The highest BCUT2D eigenvalue weighted by Crippen LogP contribution is 2.22. The van der Waals surface area contributed by atoms with E-state index >= 15 is 0 Å². The Morgan fingerprint density at radius 1 is 1.10 bits per heavy atom. The summed E-state index contributed by atoms with van der Waals surface area (Å²) in [5.74, 6) is 0.851. The van der Waals surface area contributed by atoms with E-state index in [4.69, 9.17) is 4.74 Å². The van der Waals surface area contributed by atoms with E-state index in [1.165, 1.54) is 22.1 Å². The Morgan fingerprint density at radius 3 is 2.80 bits per heavy atom. The van der Waals surface area contributed by atoms with Crippen LogP contribution in [0.5, 0.6) is 5.75 Å². The van der Waals surface area contributed by atoms with Crippen LogP contribution >= 0.6 is 11.3 Å². The van der Waals surface area contributed by atoms with Crippen LogP contribution in [0.15, 0.2) is 42.5 Å². The fourth-order valence-electron chi connectivity index (χ4n) is 1.94. The second kappa shape index (κ2) is 5.88. The number of ether oxygens (including phenoxy) is 1. The number of rotatable bonds is 5. The van der Waals surface area contributed by atoms with Gasteiger partial charge in [-0.2, -0.15) is 0 Å². The largest absolute Gasteiger partial charge is 0.486 e. The van der Waals surface area contributed by atoms with Gasteiger partial charge in [-0.15, -0.1) is 10.2 Å². The molecule has 5 heteroatoms. The molecule has 0 fully saturated rings. The van der Waals surface area contributed by atoms with Gasteiger partial charge in [0.25, 0.3) is 0 Å². The minimum atomic E-state index is 0.446.